The Kier molecular flexibility index (Phi) is 4.84. The number of nitrogens with two attached hydrogens (primary N) is 1. The average Bonchev–Trinajstić information content (AvgIpc) is 2.34. The van der Waals surface area contributed by atoms with Crippen LogP contribution in [0.15, 0.2) is 23.1 Å². The van der Waals surface area contributed by atoms with E-state index in [1.807, 2.05) is 0 Å². The van der Waals surface area contributed by atoms with Crippen LogP contribution < -0.4 is 9.88 Å². The van der Waals surface area contributed by atoms with Crippen molar-refractivity contribution in [1.29, 1.82) is 0 Å². The van der Waals surface area contributed by atoms with E-state index in [9.17, 15) is 26.4 Å². The van der Waals surface area contributed by atoms with Crippen molar-refractivity contribution in [2.75, 3.05) is 20.7 Å². The van der Waals surface area contributed by atoms with E-state index in [1.165, 1.54) is 7.11 Å². The summed E-state index contributed by atoms with van der Waals surface area (Å²) in [7, 11) is -2.03. The molecule has 1 amide bonds. The number of halogens is 3. The van der Waals surface area contributed by atoms with E-state index in [-0.39, 0.29) is 11.3 Å². The smallest absolute Gasteiger partial charge is 0.406 e. The van der Waals surface area contributed by atoms with Gasteiger partial charge in [-0.25, -0.2) is 13.6 Å². The first-order valence-electron chi connectivity index (χ1n) is 5.49. The molecule has 118 valence electrons. The van der Waals surface area contributed by atoms with Gasteiger partial charge in [0, 0.05) is 12.6 Å². The molecule has 0 spiro atoms. The molecule has 0 saturated carbocycles. The van der Waals surface area contributed by atoms with Crippen LogP contribution in [-0.2, 0) is 10.0 Å². The summed E-state index contributed by atoms with van der Waals surface area (Å²) in [6, 6.07) is 3.18. The van der Waals surface area contributed by atoms with Crippen LogP contribution in [0.3, 0.4) is 0 Å². The molecule has 1 aromatic carbocycles. The molecule has 0 aliphatic rings. The summed E-state index contributed by atoms with van der Waals surface area (Å²) in [5.74, 6) is -1.09. The predicted octanol–water partition coefficient (Wildman–Crippen LogP) is 0.977. The van der Waals surface area contributed by atoms with E-state index in [0.717, 1.165) is 25.2 Å². The molecule has 0 heterocycles. The summed E-state index contributed by atoms with van der Waals surface area (Å²) in [5, 5.41) is 4.97. The van der Waals surface area contributed by atoms with Crippen LogP contribution in [-0.4, -0.2) is 46.1 Å². The van der Waals surface area contributed by atoms with Crippen LogP contribution in [0.2, 0.25) is 0 Å². The number of hydrogen-bond acceptors (Lipinski definition) is 4. The third kappa shape index (κ3) is 4.60. The molecule has 0 aliphatic heterocycles. The third-order valence-corrected chi connectivity index (χ3v) is 3.41. The largest absolute Gasteiger partial charge is 0.495 e. The first kappa shape index (κ1) is 17.2. The molecule has 0 aromatic heterocycles. The summed E-state index contributed by atoms with van der Waals surface area (Å²) in [6.45, 7) is -1.46. The fraction of sp³-hybridized carbons (Fsp3) is 0.364. The molecule has 0 unspecified atom stereocenters. The number of amides is 1. The van der Waals surface area contributed by atoms with E-state index in [0.29, 0.717) is 4.90 Å². The van der Waals surface area contributed by atoms with Crippen molar-refractivity contribution >= 4 is 15.9 Å². The quantitative estimate of drug-likeness (QED) is 0.893. The van der Waals surface area contributed by atoms with Crippen LogP contribution in [0.4, 0.5) is 13.2 Å². The minimum atomic E-state index is -4.56. The molecule has 21 heavy (non-hydrogen) atoms. The van der Waals surface area contributed by atoms with Crippen LogP contribution in [0.5, 0.6) is 5.75 Å². The highest BCUT2D eigenvalue weighted by Gasteiger charge is 2.32. The number of alkyl halides is 3. The molecule has 1 rings (SSSR count). The maximum absolute atomic E-state index is 12.2. The molecule has 0 radical (unpaired) electrons. The van der Waals surface area contributed by atoms with E-state index in [2.05, 4.69) is 0 Å². The highest BCUT2D eigenvalue weighted by Crippen LogP contribution is 2.25. The SMILES string of the molecule is COc1ccc(C(=O)N(C)CC(F)(F)F)cc1S(N)(=O)=O. The van der Waals surface area contributed by atoms with Crippen molar-refractivity contribution in [3.8, 4) is 5.75 Å². The van der Waals surface area contributed by atoms with Gasteiger partial charge in [-0.05, 0) is 18.2 Å². The summed E-state index contributed by atoms with van der Waals surface area (Å²) in [5.41, 5.74) is -0.244. The summed E-state index contributed by atoms with van der Waals surface area (Å²) >= 11 is 0. The van der Waals surface area contributed by atoms with Crippen LogP contribution in [0, 0.1) is 0 Å². The molecular formula is C11H13F3N2O4S. The van der Waals surface area contributed by atoms with Gasteiger partial charge in [0.1, 0.15) is 17.2 Å². The molecule has 2 N–H and O–H groups in total. The molecule has 0 saturated heterocycles. The Morgan fingerprint density at radius 1 is 1.38 bits per heavy atom. The number of primary sulfonamides is 1. The second-order valence-electron chi connectivity index (χ2n) is 4.19. The minimum Gasteiger partial charge on any atom is -0.495 e. The average molecular weight is 326 g/mol. The topological polar surface area (TPSA) is 89.7 Å². The zero-order valence-corrected chi connectivity index (χ0v) is 12.0. The van der Waals surface area contributed by atoms with Crippen molar-refractivity contribution < 1.29 is 31.1 Å². The molecular weight excluding hydrogens is 313 g/mol. The summed E-state index contributed by atoms with van der Waals surface area (Å²) < 4.78 is 64.3. The number of sulfonamides is 1. The van der Waals surface area contributed by atoms with E-state index in [4.69, 9.17) is 9.88 Å². The number of benzene rings is 1. The van der Waals surface area contributed by atoms with Gasteiger partial charge in [-0.2, -0.15) is 13.2 Å². The number of carbonyl (C=O) groups is 1. The number of nitrogens with zero attached hydrogens (tertiary/aromatic N) is 1. The summed E-state index contributed by atoms with van der Waals surface area (Å²) in [6.07, 6.45) is -4.56. The Balaban J connectivity index is 3.18. The lowest BCUT2D eigenvalue weighted by molar-refractivity contribution is -0.138. The van der Waals surface area contributed by atoms with Crippen molar-refractivity contribution in [1.82, 2.24) is 4.90 Å². The van der Waals surface area contributed by atoms with Gasteiger partial charge in [0.15, 0.2) is 0 Å². The van der Waals surface area contributed by atoms with Crippen LogP contribution in [0.1, 0.15) is 10.4 Å². The zero-order valence-electron chi connectivity index (χ0n) is 11.1. The Hall–Kier alpha value is -1.81. The monoisotopic (exact) mass is 326 g/mol. The van der Waals surface area contributed by atoms with Gasteiger partial charge >= 0.3 is 6.18 Å². The lowest BCUT2D eigenvalue weighted by Gasteiger charge is -2.19. The number of hydrogen-bond donors (Lipinski definition) is 1. The minimum absolute atomic E-state index is 0.104. The predicted molar refractivity (Wildman–Crippen MR) is 67.4 cm³/mol. The van der Waals surface area contributed by atoms with Crippen molar-refractivity contribution in [3.05, 3.63) is 23.8 Å². The number of rotatable bonds is 4. The summed E-state index contributed by atoms with van der Waals surface area (Å²) in [4.78, 5) is 11.8. The van der Waals surface area contributed by atoms with Gasteiger partial charge in [-0.1, -0.05) is 0 Å². The maximum atomic E-state index is 12.2. The number of ether oxygens (including phenoxy) is 1. The molecule has 0 aliphatic carbocycles. The Bertz CT molecular complexity index is 643. The Morgan fingerprint density at radius 3 is 2.38 bits per heavy atom. The van der Waals surface area contributed by atoms with Crippen molar-refractivity contribution in [2.45, 2.75) is 11.1 Å². The number of carbonyl (C=O) groups excluding carboxylic acids is 1. The lowest BCUT2D eigenvalue weighted by Crippen LogP contribution is -2.35. The second kappa shape index (κ2) is 5.90. The van der Waals surface area contributed by atoms with Crippen LogP contribution >= 0.6 is 0 Å². The molecule has 0 fully saturated rings. The van der Waals surface area contributed by atoms with Gasteiger partial charge in [0.05, 0.1) is 7.11 Å². The fourth-order valence-electron chi connectivity index (χ4n) is 1.59. The lowest BCUT2D eigenvalue weighted by atomic mass is 10.2. The van der Waals surface area contributed by atoms with Crippen LogP contribution in [0.25, 0.3) is 0 Å². The van der Waals surface area contributed by atoms with Gasteiger partial charge in [0.25, 0.3) is 5.91 Å². The van der Waals surface area contributed by atoms with Crippen molar-refractivity contribution in [2.24, 2.45) is 5.14 Å². The highest BCUT2D eigenvalue weighted by molar-refractivity contribution is 7.89. The van der Waals surface area contributed by atoms with E-state index >= 15 is 0 Å². The van der Waals surface area contributed by atoms with Gasteiger partial charge in [-0.3, -0.25) is 4.79 Å². The van der Waals surface area contributed by atoms with Gasteiger partial charge < -0.3 is 9.64 Å². The first-order chi connectivity index (χ1) is 9.45. The fourth-order valence-corrected chi connectivity index (χ4v) is 2.32. The van der Waals surface area contributed by atoms with Gasteiger partial charge in [0.2, 0.25) is 10.0 Å². The Labute approximate surface area is 119 Å². The van der Waals surface area contributed by atoms with Gasteiger partial charge in [-0.15, -0.1) is 0 Å². The normalized spacial score (nSPS) is 12.1. The second-order valence-corrected chi connectivity index (χ2v) is 5.72. The maximum Gasteiger partial charge on any atom is 0.406 e. The first-order valence-corrected chi connectivity index (χ1v) is 7.03. The molecule has 10 heteroatoms. The van der Waals surface area contributed by atoms with E-state index in [1.54, 1.807) is 0 Å². The third-order valence-electron chi connectivity index (χ3n) is 2.48. The molecule has 6 nitrogen and oxygen atoms in total. The molecule has 1 aromatic rings. The Morgan fingerprint density at radius 2 is 1.95 bits per heavy atom. The molecule has 0 atom stereocenters. The molecule has 0 bridgehead atoms. The van der Waals surface area contributed by atoms with Crippen molar-refractivity contribution in [3.63, 3.8) is 0 Å². The number of methoxy groups -OCH3 is 1. The highest BCUT2D eigenvalue weighted by atomic mass is 32.2. The van der Waals surface area contributed by atoms with E-state index < -0.39 is 33.5 Å². The zero-order chi connectivity index (χ0) is 16.4. The standard InChI is InChI=1S/C11H13F3N2O4S/c1-16(6-11(12,13)14)10(17)7-3-4-8(20-2)9(5-7)21(15,18)19/h3-5H,6H2,1-2H3,(H2,15,18,19).